The molecule has 0 bridgehead atoms. The van der Waals surface area contributed by atoms with E-state index in [1.165, 1.54) is 9.13 Å². The van der Waals surface area contributed by atoms with Crippen molar-refractivity contribution in [1.82, 2.24) is 33.8 Å². The average Bonchev–Trinajstić information content (AvgIpc) is 3.61. The molecule has 6 rings (SSSR count). The van der Waals surface area contributed by atoms with Gasteiger partial charge in [-0.2, -0.15) is 18.3 Å². The van der Waals surface area contributed by atoms with E-state index in [1.807, 2.05) is 24.4 Å². The van der Waals surface area contributed by atoms with Gasteiger partial charge in [0.1, 0.15) is 12.6 Å². The number of alkyl halides is 3. The molecular weight excluding hydrogens is 487 g/mol. The quantitative estimate of drug-likeness (QED) is 0.372. The van der Waals surface area contributed by atoms with Gasteiger partial charge in [0.15, 0.2) is 5.82 Å². The standard InChI is InChI=1S/C25H20F3N7O2/c26-25(27,28)21-9-5-12-32(21)23(36)15-33-19-7-1-2-8-20(19)35(24(33)37)22-11-10-17(30-31-22)16-14-29-34-13-4-3-6-18(16)34/h1-4,6-8,10-11,13-14,21H,5,9,12,15H2/t21-/m0/s1. The van der Waals surface area contributed by atoms with Gasteiger partial charge in [0.2, 0.25) is 5.91 Å². The Bertz CT molecular complexity index is 1680. The fourth-order valence-corrected chi connectivity index (χ4v) is 4.93. The van der Waals surface area contributed by atoms with E-state index in [0.29, 0.717) is 16.7 Å². The molecule has 1 aliphatic rings. The van der Waals surface area contributed by atoms with Crippen molar-refractivity contribution in [2.24, 2.45) is 0 Å². The van der Waals surface area contributed by atoms with Crippen LogP contribution in [0.15, 0.2) is 71.8 Å². The normalized spacial score (nSPS) is 16.2. The Labute approximate surface area is 207 Å². The van der Waals surface area contributed by atoms with Gasteiger partial charge in [-0.3, -0.25) is 9.36 Å². The van der Waals surface area contributed by atoms with Gasteiger partial charge >= 0.3 is 11.9 Å². The second-order valence-electron chi connectivity index (χ2n) is 8.85. The molecule has 0 saturated carbocycles. The maximum Gasteiger partial charge on any atom is 0.408 e. The van der Waals surface area contributed by atoms with Crippen molar-refractivity contribution < 1.29 is 18.0 Å². The number of carbonyl (C=O) groups excluding carboxylic acids is 1. The first-order valence-corrected chi connectivity index (χ1v) is 11.7. The highest BCUT2D eigenvalue weighted by Crippen LogP contribution is 2.33. The van der Waals surface area contributed by atoms with Crippen molar-refractivity contribution in [3.05, 3.63) is 77.5 Å². The number of benzene rings is 1. The van der Waals surface area contributed by atoms with E-state index in [-0.39, 0.29) is 25.2 Å². The zero-order chi connectivity index (χ0) is 25.7. The van der Waals surface area contributed by atoms with Gasteiger partial charge in [-0.1, -0.05) is 18.2 Å². The van der Waals surface area contributed by atoms with Crippen LogP contribution in [0.2, 0.25) is 0 Å². The third kappa shape index (κ3) is 3.85. The minimum Gasteiger partial charge on any atom is -0.329 e. The van der Waals surface area contributed by atoms with Gasteiger partial charge in [-0.15, -0.1) is 10.2 Å². The van der Waals surface area contributed by atoms with E-state index in [2.05, 4.69) is 15.3 Å². The van der Waals surface area contributed by atoms with E-state index in [4.69, 9.17) is 0 Å². The number of amides is 1. The molecule has 37 heavy (non-hydrogen) atoms. The Kier molecular flexibility index (Phi) is 5.32. The first-order valence-electron chi connectivity index (χ1n) is 11.7. The number of carbonyl (C=O) groups is 1. The molecule has 9 nitrogen and oxygen atoms in total. The average molecular weight is 507 g/mol. The smallest absolute Gasteiger partial charge is 0.329 e. The van der Waals surface area contributed by atoms with E-state index >= 15 is 0 Å². The highest BCUT2D eigenvalue weighted by Gasteiger charge is 2.47. The van der Waals surface area contributed by atoms with Gasteiger partial charge in [0.05, 0.1) is 28.4 Å². The van der Waals surface area contributed by atoms with Gasteiger partial charge in [0.25, 0.3) is 0 Å². The molecule has 1 aliphatic heterocycles. The molecule has 5 heterocycles. The lowest BCUT2D eigenvalue weighted by Gasteiger charge is -2.26. The summed E-state index contributed by atoms with van der Waals surface area (Å²) in [6.07, 6.45) is -0.893. The van der Waals surface area contributed by atoms with E-state index in [9.17, 15) is 22.8 Å². The molecule has 1 fully saturated rings. The number of fused-ring (bicyclic) bond motifs is 2. The third-order valence-corrected chi connectivity index (χ3v) is 6.66. The van der Waals surface area contributed by atoms with Crippen LogP contribution in [-0.4, -0.2) is 58.5 Å². The fourth-order valence-electron chi connectivity index (χ4n) is 4.93. The molecule has 5 aromatic rings. The SMILES string of the molecule is O=C(Cn1c(=O)n(-c2ccc(-c3cnn4ccccc34)nn2)c2ccccc21)N1CCC[C@H]1C(F)(F)F. The topological polar surface area (TPSA) is 90.3 Å². The molecule has 1 aromatic carbocycles. The molecular formula is C25H20F3N7O2. The summed E-state index contributed by atoms with van der Waals surface area (Å²) >= 11 is 0. The Hall–Kier alpha value is -4.48. The summed E-state index contributed by atoms with van der Waals surface area (Å²) < 4.78 is 44.4. The van der Waals surface area contributed by atoms with Crippen molar-refractivity contribution in [2.45, 2.75) is 31.6 Å². The molecule has 1 atom stereocenters. The summed E-state index contributed by atoms with van der Waals surface area (Å²) in [5.74, 6) is -0.527. The van der Waals surface area contributed by atoms with Crippen LogP contribution in [0.25, 0.3) is 33.6 Å². The Morgan fingerprint density at radius 3 is 2.49 bits per heavy atom. The van der Waals surface area contributed by atoms with E-state index < -0.39 is 30.4 Å². The predicted octanol–water partition coefficient (Wildman–Crippen LogP) is 3.45. The van der Waals surface area contributed by atoms with Gasteiger partial charge < -0.3 is 4.90 Å². The lowest BCUT2D eigenvalue weighted by molar-refractivity contribution is -0.182. The molecule has 0 N–H and O–H groups in total. The summed E-state index contributed by atoms with van der Waals surface area (Å²) in [5, 5.41) is 12.8. The van der Waals surface area contributed by atoms with Crippen LogP contribution in [0.1, 0.15) is 12.8 Å². The fraction of sp³-hybridized carbons (Fsp3) is 0.240. The zero-order valence-corrected chi connectivity index (χ0v) is 19.3. The molecule has 0 spiro atoms. The molecule has 188 valence electrons. The van der Waals surface area contributed by atoms with Crippen LogP contribution >= 0.6 is 0 Å². The summed E-state index contributed by atoms with van der Waals surface area (Å²) in [5.41, 5.74) is 2.46. The predicted molar refractivity (Wildman–Crippen MR) is 128 cm³/mol. The number of nitrogens with zero attached hydrogens (tertiary/aromatic N) is 7. The van der Waals surface area contributed by atoms with Crippen LogP contribution in [0.5, 0.6) is 0 Å². The van der Waals surface area contributed by atoms with Crippen molar-refractivity contribution in [3.63, 3.8) is 0 Å². The first-order chi connectivity index (χ1) is 17.8. The Morgan fingerprint density at radius 1 is 0.973 bits per heavy atom. The molecule has 1 saturated heterocycles. The summed E-state index contributed by atoms with van der Waals surface area (Å²) in [6, 6.07) is 13.9. The van der Waals surface area contributed by atoms with Crippen LogP contribution in [0.3, 0.4) is 0 Å². The second-order valence-corrected chi connectivity index (χ2v) is 8.85. The number of para-hydroxylation sites is 2. The van der Waals surface area contributed by atoms with Crippen molar-refractivity contribution in [3.8, 4) is 17.1 Å². The van der Waals surface area contributed by atoms with Gasteiger partial charge in [-0.25, -0.2) is 13.9 Å². The number of rotatable bonds is 4. The largest absolute Gasteiger partial charge is 0.408 e. The van der Waals surface area contributed by atoms with E-state index in [0.717, 1.165) is 16.0 Å². The molecule has 12 heteroatoms. The van der Waals surface area contributed by atoms with Crippen LogP contribution in [0.4, 0.5) is 13.2 Å². The monoisotopic (exact) mass is 507 g/mol. The summed E-state index contributed by atoms with van der Waals surface area (Å²) in [7, 11) is 0. The van der Waals surface area contributed by atoms with Crippen molar-refractivity contribution in [2.75, 3.05) is 6.54 Å². The van der Waals surface area contributed by atoms with E-state index in [1.54, 1.807) is 47.1 Å². The summed E-state index contributed by atoms with van der Waals surface area (Å²) in [6.45, 7) is -0.500. The molecule has 1 amide bonds. The van der Waals surface area contributed by atoms with Crippen molar-refractivity contribution >= 4 is 22.5 Å². The molecule has 4 aromatic heterocycles. The zero-order valence-electron chi connectivity index (χ0n) is 19.3. The Morgan fingerprint density at radius 2 is 1.73 bits per heavy atom. The van der Waals surface area contributed by atoms with Gasteiger partial charge in [0, 0.05) is 18.3 Å². The lowest BCUT2D eigenvalue weighted by Crippen LogP contribution is -2.46. The highest BCUT2D eigenvalue weighted by molar-refractivity contribution is 5.82. The number of pyridine rings is 1. The number of hydrogen-bond acceptors (Lipinski definition) is 5. The third-order valence-electron chi connectivity index (χ3n) is 6.66. The molecule has 0 unspecified atom stereocenters. The number of halogens is 3. The van der Waals surface area contributed by atoms with Crippen LogP contribution in [0, 0.1) is 0 Å². The minimum absolute atomic E-state index is 0.00684. The number of likely N-dealkylation sites (tertiary alicyclic amines) is 1. The number of imidazole rings is 1. The lowest BCUT2D eigenvalue weighted by atomic mass is 10.2. The maximum absolute atomic E-state index is 13.5. The summed E-state index contributed by atoms with van der Waals surface area (Å²) in [4.78, 5) is 27.2. The minimum atomic E-state index is -4.51. The molecule has 0 radical (unpaired) electrons. The van der Waals surface area contributed by atoms with Crippen molar-refractivity contribution in [1.29, 1.82) is 0 Å². The first kappa shape index (κ1) is 23.0. The van der Waals surface area contributed by atoms with Gasteiger partial charge in [-0.05, 0) is 49.2 Å². The highest BCUT2D eigenvalue weighted by atomic mass is 19.4. The Balaban J connectivity index is 1.37. The number of aromatic nitrogens is 6. The molecule has 0 aliphatic carbocycles. The van der Waals surface area contributed by atoms with Crippen LogP contribution < -0.4 is 5.69 Å². The van der Waals surface area contributed by atoms with Crippen LogP contribution in [-0.2, 0) is 11.3 Å². The maximum atomic E-state index is 13.5. The number of hydrogen-bond donors (Lipinski definition) is 0. The second kappa shape index (κ2) is 8.57.